The van der Waals surface area contributed by atoms with Crippen molar-refractivity contribution in [2.24, 2.45) is 0 Å². The van der Waals surface area contributed by atoms with Crippen molar-refractivity contribution in [3.05, 3.63) is 17.7 Å². The molecule has 0 N–H and O–H groups in total. The van der Waals surface area contributed by atoms with Crippen LogP contribution in [0.1, 0.15) is 12.5 Å². The Hall–Kier alpha value is 0.510. The normalized spacial score (nSPS) is 10.2. The van der Waals surface area contributed by atoms with E-state index in [1.165, 1.54) is 21.5 Å². The smallest absolute Gasteiger partial charge is 0.0157 e. The van der Waals surface area contributed by atoms with Crippen LogP contribution in [0.2, 0.25) is 0 Å². The van der Waals surface area contributed by atoms with Crippen LogP contribution in [0.4, 0.5) is 0 Å². The quantitative estimate of drug-likeness (QED) is 0.589. The maximum atomic E-state index is 2.79. The third kappa shape index (κ3) is 2.00. The van der Waals surface area contributed by atoms with Gasteiger partial charge in [0.05, 0.1) is 0 Å². The Morgan fingerprint density at radius 2 is 1.73 bits per heavy atom. The molecule has 1 aromatic rings. The van der Waals surface area contributed by atoms with Gasteiger partial charge in [-0.25, -0.2) is 0 Å². The molecule has 1 rings (SSSR count). The second-order valence-electron chi connectivity index (χ2n) is 2.49. The van der Waals surface area contributed by atoms with Gasteiger partial charge >= 0.3 is 0 Å². The summed E-state index contributed by atoms with van der Waals surface area (Å²) in [4.78, 5) is 0. The van der Waals surface area contributed by atoms with Crippen LogP contribution >= 0.6 is 27.7 Å². The van der Waals surface area contributed by atoms with Gasteiger partial charge in [-0.05, 0) is 27.9 Å². The molecular formula is C8H13P3. The molecule has 60 valence electrons. The Morgan fingerprint density at radius 1 is 1.09 bits per heavy atom. The summed E-state index contributed by atoms with van der Waals surface area (Å²) in [5.74, 6) is 0. The van der Waals surface area contributed by atoms with Crippen molar-refractivity contribution >= 4 is 43.6 Å². The summed E-state index contributed by atoms with van der Waals surface area (Å²) in [6.45, 7) is 2.18. The van der Waals surface area contributed by atoms with Gasteiger partial charge in [-0.1, -0.05) is 19.1 Å². The molecule has 3 atom stereocenters. The number of rotatable bonds is 1. The maximum Gasteiger partial charge on any atom is -0.0157 e. The van der Waals surface area contributed by atoms with Crippen LogP contribution < -0.4 is 15.9 Å². The molecular weight excluding hydrogens is 189 g/mol. The number of hydrogen-bond acceptors (Lipinski definition) is 0. The summed E-state index contributed by atoms with van der Waals surface area (Å²) >= 11 is 0. The molecule has 0 amide bonds. The first-order valence-corrected chi connectivity index (χ1v) is 5.32. The Morgan fingerprint density at radius 3 is 2.27 bits per heavy atom. The topological polar surface area (TPSA) is 0 Å². The van der Waals surface area contributed by atoms with Crippen molar-refractivity contribution in [1.29, 1.82) is 0 Å². The van der Waals surface area contributed by atoms with Crippen molar-refractivity contribution in [2.45, 2.75) is 13.3 Å². The lowest BCUT2D eigenvalue weighted by atomic mass is 10.2. The highest BCUT2D eigenvalue weighted by molar-refractivity contribution is 7.40. The first-order valence-electron chi connectivity index (χ1n) is 3.59. The molecule has 0 aliphatic carbocycles. The predicted molar refractivity (Wildman–Crippen MR) is 63.9 cm³/mol. The van der Waals surface area contributed by atoms with Gasteiger partial charge in [-0.2, -0.15) is 0 Å². The van der Waals surface area contributed by atoms with Crippen LogP contribution in [0.15, 0.2) is 12.1 Å². The fourth-order valence-corrected chi connectivity index (χ4v) is 2.17. The minimum absolute atomic E-state index is 1.10. The van der Waals surface area contributed by atoms with E-state index in [-0.39, 0.29) is 0 Å². The Balaban J connectivity index is 3.25. The molecule has 0 spiro atoms. The van der Waals surface area contributed by atoms with E-state index in [1.54, 1.807) is 0 Å². The summed E-state index contributed by atoms with van der Waals surface area (Å²) in [7, 11) is 8.29. The van der Waals surface area contributed by atoms with Crippen LogP contribution in [0, 0.1) is 0 Å². The van der Waals surface area contributed by atoms with Crippen molar-refractivity contribution in [3.8, 4) is 0 Å². The molecule has 0 aliphatic heterocycles. The Bertz CT molecular complexity index is 268. The van der Waals surface area contributed by atoms with E-state index in [1.807, 2.05) is 0 Å². The molecule has 0 radical (unpaired) electrons. The van der Waals surface area contributed by atoms with Gasteiger partial charge in [0.2, 0.25) is 0 Å². The summed E-state index contributed by atoms with van der Waals surface area (Å²) in [6, 6.07) is 4.32. The minimum atomic E-state index is 1.10. The second kappa shape index (κ2) is 3.95. The van der Waals surface area contributed by atoms with Gasteiger partial charge in [-0.15, -0.1) is 27.7 Å². The fraction of sp³-hybridized carbons (Fsp3) is 0.250. The van der Waals surface area contributed by atoms with Crippen molar-refractivity contribution in [1.82, 2.24) is 0 Å². The monoisotopic (exact) mass is 202 g/mol. The first-order chi connectivity index (χ1) is 5.16. The third-order valence-electron chi connectivity index (χ3n) is 1.79. The largest absolute Gasteiger partial charge is 0.105 e. The van der Waals surface area contributed by atoms with Gasteiger partial charge < -0.3 is 0 Å². The zero-order valence-corrected chi connectivity index (χ0v) is 10.1. The van der Waals surface area contributed by atoms with E-state index >= 15 is 0 Å². The lowest BCUT2D eigenvalue weighted by molar-refractivity contribution is 1.16. The van der Waals surface area contributed by atoms with Gasteiger partial charge in [0.25, 0.3) is 0 Å². The highest BCUT2D eigenvalue weighted by atomic mass is 31.0. The summed E-state index contributed by atoms with van der Waals surface area (Å²) in [6.07, 6.45) is 1.10. The van der Waals surface area contributed by atoms with E-state index in [0.717, 1.165) is 6.42 Å². The number of hydrogen-bond donors (Lipinski definition) is 0. The average Bonchev–Trinajstić information content (AvgIpc) is 2.01. The summed E-state index contributed by atoms with van der Waals surface area (Å²) < 4.78 is 0. The summed E-state index contributed by atoms with van der Waals surface area (Å²) in [5, 5.41) is 3.88. The highest BCUT2D eigenvalue weighted by Crippen LogP contribution is 2.02. The molecule has 0 saturated heterocycles. The molecule has 0 saturated carbocycles. The van der Waals surface area contributed by atoms with Gasteiger partial charge in [0, 0.05) is 0 Å². The van der Waals surface area contributed by atoms with Crippen molar-refractivity contribution in [3.63, 3.8) is 0 Å². The SMILES string of the molecule is CCc1ccc(P)c(P)c1P. The number of aryl methyl sites for hydroxylation is 1. The minimum Gasteiger partial charge on any atom is -0.105 e. The Kier molecular flexibility index (Phi) is 3.45. The van der Waals surface area contributed by atoms with Crippen LogP contribution in [0.25, 0.3) is 0 Å². The molecule has 0 bridgehead atoms. The molecule has 3 unspecified atom stereocenters. The zero-order chi connectivity index (χ0) is 8.43. The van der Waals surface area contributed by atoms with E-state index in [4.69, 9.17) is 0 Å². The molecule has 0 nitrogen and oxygen atoms in total. The predicted octanol–water partition coefficient (Wildman–Crippen LogP) is 0.750. The van der Waals surface area contributed by atoms with Gasteiger partial charge in [0.15, 0.2) is 0 Å². The lowest BCUT2D eigenvalue weighted by Crippen LogP contribution is -2.26. The average molecular weight is 202 g/mol. The molecule has 0 heterocycles. The van der Waals surface area contributed by atoms with Crippen LogP contribution in [-0.2, 0) is 6.42 Å². The summed E-state index contributed by atoms with van der Waals surface area (Å²) in [5.41, 5.74) is 1.41. The van der Waals surface area contributed by atoms with Gasteiger partial charge in [-0.3, -0.25) is 0 Å². The maximum absolute atomic E-state index is 2.79. The van der Waals surface area contributed by atoms with Crippen molar-refractivity contribution < 1.29 is 0 Å². The van der Waals surface area contributed by atoms with Crippen LogP contribution in [0.5, 0.6) is 0 Å². The molecule has 11 heavy (non-hydrogen) atoms. The lowest BCUT2D eigenvalue weighted by Gasteiger charge is -2.07. The van der Waals surface area contributed by atoms with E-state index < -0.39 is 0 Å². The molecule has 0 aromatic heterocycles. The second-order valence-corrected chi connectivity index (χ2v) is 4.27. The fourth-order valence-electron chi connectivity index (χ4n) is 1.01. The zero-order valence-electron chi connectivity index (χ0n) is 6.59. The standard InChI is InChI=1S/C8H13P3/c1-2-5-3-4-6(9)8(11)7(5)10/h3-4H,2,9-11H2,1H3. The van der Waals surface area contributed by atoms with Crippen LogP contribution in [-0.4, -0.2) is 0 Å². The van der Waals surface area contributed by atoms with Crippen LogP contribution in [0.3, 0.4) is 0 Å². The number of benzene rings is 1. The van der Waals surface area contributed by atoms with E-state index in [9.17, 15) is 0 Å². The van der Waals surface area contributed by atoms with E-state index in [2.05, 4.69) is 46.8 Å². The van der Waals surface area contributed by atoms with E-state index in [0.29, 0.717) is 0 Å². The molecule has 0 aliphatic rings. The van der Waals surface area contributed by atoms with Crippen molar-refractivity contribution in [2.75, 3.05) is 0 Å². The third-order valence-corrected chi connectivity index (χ3v) is 4.29. The van der Waals surface area contributed by atoms with Gasteiger partial charge in [0.1, 0.15) is 0 Å². The molecule has 1 aromatic carbocycles. The first kappa shape index (κ1) is 9.60. The molecule has 3 heteroatoms. The molecule has 0 fully saturated rings. The highest BCUT2D eigenvalue weighted by Gasteiger charge is 2.00. The Labute approximate surface area is 75.2 Å².